The number of rotatable bonds is 37. The summed E-state index contributed by atoms with van der Waals surface area (Å²) in [5, 5.41) is 5.27. The Hall–Kier alpha value is -3.37. The zero-order valence-electron chi connectivity index (χ0n) is 41.6. The Labute approximate surface area is 426 Å². The molecule has 1 aliphatic rings. The number of carbonyl (C=O) groups excluding carboxylic acids is 6. The Kier molecular flexibility index (Phi) is 33.5. The van der Waals surface area contributed by atoms with Crippen molar-refractivity contribution in [2.24, 2.45) is 0 Å². The first-order valence-electron chi connectivity index (χ1n) is 25.4. The van der Waals surface area contributed by atoms with Crippen molar-refractivity contribution in [3.63, 3.8) is 0 Å². The summed E-state index contributed by atoms with van der Waals surface area (Å²) >= 11 is 17.6. The van der Waals surface area contributed by atoms with Gasteiger partial charge in [-0.05, 0) is 18.4 Å². The SMILES string of the molecule is CCCCCCCCCCCCCC(=O)N[C@@H](CO[C@@H]1O[C@H](COC(C)=O)[C@@H](OC(C)=O)[C@H](OC(=O)CCCCCCCCCCCCC)[C@H]1NC(=O)OCC(Cl)(Cl)Cl)C(=O)OCc1ccccc1. The van der Waals surface area contributed by atoms with Gasteiger partial charge in [0.15, 0.2) is 24.5 Å². The molecule has 0 bridgehead atoms. The second-order valence-electron chi connectivity index (χ2n) is 17.9. The zero-order valence-corrected chi connectivity index (χ0v) is 43.9. The smallest absolute Gasteiger partial charge is 0.407 e. The summed E-state index contributed by atoms with van der Waals surface area (Å²) in [6.07, 6.45) is 16.9. The Balaban J connectivity index is 2.31. The van der Waals surface area contributed by atoms with Crippen molar-refractivity contribution in [3.05, 3.63) is 35.9 Å². The molecule has 1 aromatic carbocycles. The number of benzene rings is 1. The average Bonchev–Trinajstić information content (AvgIpc) is 3.30. The molecule has 18 heteroatoms. The summed E-state index contributed by atoms with van der Waals surface area (Å²) < 4.78 is 38.1. The summed E-state index contributed by atoms with van der Waals surface area (Å²) in [6.45, 7) is 4.84. The quantitative estimate of drug-likeness (QED) is 0.0277. The average molecular weight is 1040 g/mol. The first-order chi connectivity index (χ1) is 33.1. The van der Waals surface area contributed by atoms with Crippen LogP contribution >= 0.6 is 34.8 Å². The van der Waals surface area contributed by atoms with Crippen LogP contribution in [0.3, 0.4) is 0 Å². The molecule has 0 spiro atoms. The molecule has 6 atom stereocenters. The normalized spacial score (nSPS) is 18.4. The van der Waals surface area contributed by atoms with Crippen LogP contribution in [-0.4, -0.2) is 96.2 Å². The van der Waals surface area contributed by atoms with Crippen molar-refractivity contribution >= 4 is 70.7 Å². The highest BCUT2D eigenvalue weighted by Gasteiger charge is 2.52. The standard InChI is InChI=1S/C51H81Cl3N2O13/c1-5-7-9-11-13-15-17-19-21-23-28-32-43(59)55-41(48(61)64-34-40-30-26-25-27-31-40)35-65-49-45(56-50(62)66-37-51(52,53)54)47(46(67-39(4)58)42(68-49)36-63-38(3)57)69-44(60)33-29-24-22-20-18-16-14-12-10-8-6-2/h25-27,30-31,41-42,45-47,49H,5-24,28-29,32-37H2,1-4H3,(H,55,59)(H,56,62)/t41-,42+,45+,46+,47+,49+/m0/s1. The van der Waals surface area contributed by atoms with E-state index >= 15 is 0 Å². The van der Waals surface area contributed by atoms with Gasteiger partial charge in [-0.15, -0.1) is 0 Å². The van der Waals surface area contributed by atoms with Crippen LogP contribution in [0.4, 0.5) is 4.79 Å². The molecule has 1 saturated heterocycles. The van der Waals surface area contributed by atoms with Crippen LogP contribution < -0.4 is 10.6 Å². The van der Waals surface area contributed by atoms with Crippen LogP contribution in [0, 0.1) is 0 Å². The maximum Gasteiger partial charge on any atom is 0.407 e. The van der Waals surface area contributed by atoms with Crippen LogP contribution in [0.5, 0.6) is 0 Å². The summed E-state index contributed by atoms with van der Waals surface area (Å²) in [4.78, 5) is 78.7. The van der Waals surface area contributed by atoms with E-state index in [0.29, 0.717) is 18.4 Å². The van der Waals surface area contributed by atoms with Gasteiger partial charge in [-0.1, -0.05) is 207 Å². The first kappa shape index (κ1) is 61.7. The van der Waals surface area contributed by atoms with E-state index in [0.717, 1.165) is 58.3 Å². The molecule has 394 valence electrons. The number of nitrogens with one attached hydrogen (secondary N) is 2. The second kappa shape index (κ2) is 37.4. The molecule has 0 aromatic heterocycles. The monoisotopic (exact) mass is 1030 g/mol. The number of ether oxygens (including phenoxy) is 7. The minimum Gasteiger partial charge on any atom is -0.463 e. The van der Waals surface area contributed by atoms with E-state index in [4.69, 9.17) is 68.0 Å². The molecule has 0 saturated carbocycles. The molecule has 0 radical (unpaired) electrons. The number of alkyl carbamates (subject to hydrolysis) is 1. The number of hydrogen-bond acceptors (Lipinski definition) is 13. The molecule has 15 nitrogen and oxygen atoms in total. The van der Waals surface area contributed by atoms with Crippen molar-refractivity contribution < 1.29 is 61.9 Å². The molecule has 1 aromatic rings. The molecule has 1 aliphatic heterocycles. The third-order valence-electron chi connectivity index (χ3n) is 11.6. The number of alkyl halides is 3. The van der Waals surface area contributed by atoms with Gasteiger partial charge in [0.25, 0.3) is 0 Å². The molecule has 0 unspecified atom stereocenters. The number of esters is 4. The first-order valence-corrected chi connectivity index (χ1v) is 26.5. The van der Waals surface area contributed by atoms with Gasteiger partial charge in [-0.2, -0.15) is 0 Å². The summed E-state index contributed by atoms with van der Waals surface area (Å²) in [5.74, 6) is -3.42. The van der Waals surface area contributed by atoms with Crippen LogP contribution in [-0.2, 0) is 63.7 Å². The van der Waals surface area contributed by atoms with Crippen LogP contribution in [0.1, 0.15) is 187 Å². The Morgan fingerprint density at radius 1 is 0.638 bits per heavy atom. The maximum absolute atomic E-state index is 13.7. The van der Waals surface area contributed by atoms with Crippen LogP contribution in [0.15, 0.2) is 30.3 Å². The molecular formula is C51H81Cl3N2O13. The van der Waals surface area contributed by atoms with E-state index in [2.05, 4.69) is 24.5 Å². The molecule has 2 rings (SSSR count). The molecular weight excluding hydrogens is 955 g/mol. The highest BCUT2D eigenvalue weighted by molar-refractivity contribution is 6.67. The van der Waals surface area contributed by atoms with E-state index < -0.39 is 96.2 Å². The number of unbranched alkanes of at least 4 members (excludes halogenated alkanes) is 20. The molecule has 1 heterocycles. The molecule has 2 N–H and O–H groups in total. The van der Waals surface area contributed by atoms with Gasteiger partial charge in [0.1, 0.15) is 32.0 Å². The third-order valence-corrected chi connectivity index (χ3v) is 11.9. The maximum atomic E-state index is 13.7. The van der Waals surface area contributed by atoms with Gasteiger partial charge in [-0.25, -0.2) is 9.59 Å². The fourth-order valence-electron chi connectivity index (χ4n) is 7.88. The summed E-state index contributed by atoms with van der Waals surface area (Å²) in [5.41, 5.74) is 0.703. The minimum absolute atomic E-state index is 0.00772. The highest BCUT2D eigenvalue weighted by atomic mass is 35.6. The Bertz CT molecular complexity index is 1600. The molecule has 2 amide bonds. The fraction of sp³-hybridized carbons (Fsp3) is 0.765. The second-order valence-corrected chi connectivity index (χ2v) is 20.4. The van der Waals surface area contributed by atoms with Crippen molar-refractivity contribution in [2.45, 2.75) is 229 Å². The lowest BCUT2D eigenvalue weighted by Gasteiger charge is -2.45. The van der Waals surface area contributed by atoms with Gasteiger partial charge in [-0.3, -0.25) is 19.2 Å². The predicted molar refractivity (Wildman–Crippen MR) is 266 cm³/mol. The van der Waals surface area contributed by atoms with Crippen LogP contribution in [0.25, 0.3) is 0 Å². The lowest BCUT2D eigenvalue weighted by atomic mass is 9.96. The lowest BCUT2D eigenvalue weighted by Crippen LogP contribution is -2.67. The molecule has 0 aliphatic carbocycles. The van der Waals surface area contributed by atoms with E-state index in [1.54, 1.807) is 24.3 Å². The Morgan fingerprint density at radius 3 is 1.67 bits per heavy atom. The predicted octanol–water partition coefficient (Wildman–Crippen LogP) is 11.2. The Morgan fingerprint density at radius 2 is 1.16 bits per heavy atom. The van der Waals surface area contributed by atoms with Crippen molar-refractivity contribution in [3.8, 4) is 0 Å². The molecule has 1 fully saturated rings. The highest BCUT2D eigenvalue weighted by Crippen LogP contribution is 2.30. The van der Waals surface area contributed by atoms with Gasteiger partial charge in [0, 0.05) is 26.7 Å². The number of amides is 2. The van der Waals surface area contributed by atoms with Gasteiger partial charge in [0.2, 0.25) is 9.70 Å². The largest absolute Gasteiger partial charge is 0.463 e. The van der Waals surface area contributed by atoms with E-state index in [9.17, 15) is 28.8 Å². The van der Waals surface area contributed by atoms with Crippen molar-refractivity contribution in [1.82, 2.24) is 10.6 Å². The van der Waals surface area contributed by atoms with Crippen molar-refractivity contribution in [2.75, 3.05) is 19.8 Å². The summed E-state index contributed by atoms with van der Waals surface area (Å²) in [7, 11) is 0. The fourth-order valence-corrected chi connectivity index (χ4v) is 8.05. The van der Waals surface area contributed by atoms with Gasteiger partial charge < -0.3 is 43.8 Å². The van der Waals surface area contributed by atoms with E-state index in [1.807, 2.05) is 6.07 Å². The topological polar surface area (TPSA) is 191 Å². The number of carbonyl (C=O) groups is 6. The lowest BCUT2D eigenvalue weighted by molar-refractivity contribution is -0.278. The third kappa shape index (κ3) is 30.2. The van der Waals surface area contributed by atoms with Crippen molar-refractivity contribution in [1.29, 1.82) is 0 Å². The van der Waals surface area contributed by atoms with E-state index in [1.165, 1.54) is 84.0 Å². The van der Waals surface area contributed by atoms with Gasteiger partial charge >= 0.3 is 30.0 Å². The van der Waals surface area contributed by atoms with Crippen LogP contribution in [0.2, 0.25) is 0 Å². The minimum atomic E-state index is -1.99. The zero-order chi connectivity index (χ0) is 50.7. The summed E-state index contributed by atoms with van der Waals surface area (Å²) in [6, 6.07) is 6.07. The van der Waals surface area contributed by atoms with Gasteiger partial charge in [0.05, 0.1) is 6.61 Å². The number of halogens is 3. The number of hydrogen-bond donors (Lipinski definition) is 2. The molecule has 69 heavy (non-hydrogen) atoms. The van der Waals surface area contributed by atoms with E-state index in [-0.39, 0.29) is 19.4 Å².